The highest BCUT2D eigenvalue weighted by Crippen LogP contribution is 2.21. The van der Waals surface area contributed by atoms with Crippen LogP contribution in [0.15, 0.2) is 72.8 Å². The Balaban J connectivity index is 1.80. The quantitative estimate of drug-likeness (QED) is 0.617. The molecule has 0 bridgehead atoms. The predicted molar refractivity (Wildman–Crippen MR) is 111 cm³/mol. The minimum atomic E-state index is -0.400. The first-order valence-electron chi connectivity index (χ1n) is 8.73. The Morgan fingerprint density at radius 3 is 2.37 bits per heavy atom. The molecule has 138 valence electrons. The van der Waals surface area contributed by atoms with Crippen LogP contribution in [0, 0.1) is 6.92 Å². The van der Waals surface area contributed by atoms with E-state index in [0.29, 0.717) is 22.3 Å². The molecular weight excluding hydrogens is 379 g/mol. The van der Waals surface area contributed by atoms with Crippen molar-refractivity contribution in [3.63, 3.8) is 0 Å². The Hall–Kier alpha value is -2.33. The number of rotatable bonds is 6. The molecule has 0 aliphatic carbocycles. The number of hydrogen-bond acceptors (Lipinski definition) is 1. The third-order valence-corrected chi connectivity index (χ3v) is 5.19. The topological polar surface area (TPSA) is 45.7 Å². The number of aryl methyl sites for hydroxylation is 1. The molecule has 0 saturated heterocycles. The van der Waals surface area contributed by atoms with Crippen LogP contribution in [0.3, 0.4) is 0 Å². The van der Waals surface area contributed by atoms with Crippen molar-refractivity contribution in [1.82, 2.24) is 0 Å². The van der Waals surface area contributed by atoms with Gasteiger partial charge in [-0.25, -0.2) is 0 Å². The monoisotopic (exact) mass is 399 g/mol. The Morgan fingerprint density at radius 1 is 0.963 bits per heavy atom. The summed E-state index contributed by atoms with van der Waals surface area (Å²) in [6.07, 6.45) is 0. The van der Waals surface area contributed by atoms with Gasteiger partial charge in [0.2, 0.25) is 0 Å². The van der Waals surface area contributed by atoms with E-state index in [-0.39, 0.29) is 5.91 Å². The molecule has 0 aliphatic rings. The zero-order valence-corrected chi connectivity index (χ0v) is 16.5. The number of halogens is 2. The standard InChI is InChI=1S/C22H20Cl2N2O/c1-15-11-12-18(13-20(15)24)26-22(27)21(16-7-3-2-4-8-16)25-14-17-9-5-6-10-19(17)23/h2-13,21,25H,14H2,1H3,(H,26,27)/p+1/t21-/m0/s1. The van der Waals surface area contributed by atoms with Crippen LogP contribution in [0.1, 0.15) is 22.7 Å². The maximum absolute atomic E-state index is 13.0. The molecule has 3 aromatic carbocycles. The number of carbonyl (C=O) groups excluding carboxylic acids is 1. The van der Waals surface area contributed by atoms with Crippen LogP contribution < -0.4 is 10.6 Å². The number of anilines is 1. The third kappa shape index (κ3) is 5.10. The van der Waals surface area contributed by atoms with Crippen molar-refractivity contribution < 1.29 is 10.1 Å². The number of benzene rings is 3. The molecule has 0 fully saturated rings. The summed E-state index contributed by atoms with van der Waals surface area (Å²) >= 11 is 12.4. The zero-order valence-electron chi connectivity index (χ0n) is 15.0. The number of hydrogen-bond donors (Lipinski definition) is 2. The number of carbonyl (C=O) groups is 1. The van der Waals surface area contributed by atoms with E-state index < -0.39 is 6.04 Å². The highest BCUT2D eigenvalue weighted by molar-refractivity contribution is 6.31. The molecule has 27 heavy (non-hydrogen) atoms. The summed E-state index contributed by atoms with van der Waals surface area (Å²) in [7, 11) is 0. The van der Waals surface area contributed by atoms with E-state index in [1.807, 2.05) is 79.0 Å². The van der Waals surface area contributed by atoms with Crippen molar-refractivity contribution in [3.8, 4) is 0 Å². The average Bonchev–Trinajstić information content (AvgIpc) is 2.67. The van der Waals surface area contributed by atoms with Crippen LogP contribution in [0.4, 0.5) is 5.69 Å². The lowest BCUT2D eigenvalue weighted by molar-refractivity contribution is -0.697. The summed E-state index contributed by atoms with van der Waals surface area (Å²) in [5.41, 5.74) is 3.58. The fourth-order valence-electron chi connectivity index (χ4n) is 2.85. The van der Waals surface area contributed by atoms with Gasteiger partial charge in [0.05, 0.1) is 0 Å². The first-order chi connectivity index (χ1) is 13.0. The van der Waals surface area contributed by atoms with Gasteiger partial charge in [0.1, 0.15) is 6.54 Å². The van der Waals surface area contributed by atoms with Crippen LogP contribution >= 0.6 is 23.2 Å². The van der Waals surface area contributed by atoms with Crippen molar-refractivity contribution in [2.24, 2.45) is 0 Å². The van der Waals surface area contributed by atoms with Crippen LogP contribution in [0.25, 0.3) is 0 Å². The molecule has 3 rings (SSSR count). The highest BCUT2D eigenvalue weighted by Gasteiger charge is 2.24. The van der Waals surface area contributed by atoms with Crippen LogP contribution in [-0.2, 0) is 11.3 Å². The van der Waals surface area contributed by atoms with E-state index in [4.69, 9.17) is 23.2 Å². The predicted octanol–water partition coefficient (Wildman–Crippen LogP) is 4.75. The lowest BCUT2D eigenvalue weighted by Crippen LogP contribution is -2.85. The van der Waals surface area contributed by atoms with Gasteiger partial charge >= 0.3 is 0 Å². The first-order valence-corrected chi connectivity index (χ1v) is 9.49. The summed E-state index contributed by atoms with van der Waals surface area (Å²) in [6, 6.07) is 22.5. The van der Waals surface area contributed by atoms with E-state index in [0.717, 1.165) is 16.7 Å². The van der Waals surface area contributed by atoms with Gasteiger partial charge < -0.3 is 10.6 Å². The van der Waals surface area contributed by atoms with Crippen LogP contribution in [-0.4, -0.2) is 5.91 Å². The summed E-state index contributed by atoms with van der Waals surface area (Å²) < 4.78 is 0. The van der Waals surface area contributed by atoms with E-state index in [2.05, 4.69) is 5.32 Å². The van der Waals surface area contributed by atoms with Crippen molar-refractivity contribution in [3.05, 3.63) is 99.5 Å². The molecule has 3 aromatic rings. The lowest BCUT2D eigenvalue weighted by atomic mass is 10.1. The molecule has 0 heterocycles. The van der Waals surface area contributed by atoms with Gasteiger partial charge in [-0.1, -0.05) is 77.8 Å². The Kier molecular flexibility index (Phi) is 6.51. The number of amides is 1. The molecule has 0 radical (unpaired) electrons. The molecule has 0 aromatic heterocycles. The Bertz CT molecular complexity index is 929. The first kappa shape index (κ1) is 19.4. The fraction of sp³-hybridized carbons (Fsp3) is 0.136. The minimum absolute atomic E-state index is 0.104. The molecule has 0 aliphatic heterocycles. The fourth-order valence-corrected chi connectivity index (χ4v) is 3.25. The minimum Gasteiger partial charge on any atom is -0.328 e. The number of nitrogens with one attached hydrogen (secondary N) is 1. The lowest BCUT2D eigenvalue weighted by Gasteiger charge is -2.17. The normalized spacial score (nSPS) is 11.8. The molecule has 0 saturated carbocycles. The second kappa shape index (κ2) is 9.05. The second-order valence-electron chi connectivity index (χ2n) is 6.37. The van der Waals surface area contributed by atoms with E-state index >= 15 is 0 Å². The molecule has 5 heteroatoms. The molecule has 3 N–H and O–H groups in total. The van der Waals surface area contributed by atoms with Gasteiger partial charge in [-0.3, -0.25) is 4.79 Å². The van der Waals surface area contributed by atoms with E-state index in [1.54, 1.807) is 6.07 Å². The Labute approximate surface area is 169 Å². The molecular formula is C22H21Cl2N2O+. The molecule has 1 amide bonds. The highest BCUT2D eigenvalue weighted by atomic mass is 35.5. The van der Waals surface area contributed by atoms with Crippen molar-refractivity contribution in [2.45, 2.75) is 19.5 Å². The third-order valence-electron chi connectivity index (χ3n) is 4.41. The maximum atomic E-state index is 13.0. The van der Waals surface area contributed by atoms with Gasteiger partial charge in [-0.05, 0) is 30.7 Å². The smallest absolute Gasteiger partial charge is 0.287 e. The average molecular weight is 400 g/mol. The van der Waals surface area contributed by atoms with Gasteiger partial charge in [0.25, 0.3) is 5.91 Å². The van der Waals surface area contributed by atoms with Crippen molar-refractivity contribution in [1.29, 1.82) is 0 Å². The van der Waals surface area contributed by atoms with Crippen LogP contribution in [0.5, 0.6) is 0 Å². The summed E-state index contributed by atoms with van der Waals surface area (Å²) in [5, 5.41) is 6.29. The summed E-state index contributed by atoms with van der Waals surface area (Å²) in [6.45, 7) is 2.53. The van der Waals surface area contributed by atoms with Gasteiger partial charge in [0.15, 0.2) is 6.04 Å². The number of quaternary nitrogens is 1. The molecule has 1 atom stereocenters. The maximum Gasteiger partial charge on any atom is 0.287 e. The molecule has 0 unspecified atom stereocenters. The van der Waals surface area contributed by atoms with Gasteiger partial charge in [-0.2, -0.15) is 0 Å². The number of nitrogens with two attached hydrogens (primary N) is 1. The van der Waals surface area contributed by atoms with Crippen LogP contribution in [0.2, 0.25) is 10.0 Å². The summed E-state index contributed by atoms with van der Waals surface area (Å²) in [4.78, 5) is 13.0. The molecule has 3 nitrogen and oxygen atoms in total. The van der Waals surface area contributed by atoms with Gasteiger partial charge in [-0.15, -0.1) is 0 Å². The SMILES string of the molecule is Cc1ccc(NC(=O)[C@@H]([NH2+]Cc2ccccc2Cl)c2ccccc2)cc1Cl. The largest absolute Gasteiger partial charge is 0.328 e. The Morgan fingerprint density at radius 2 is 1.67 bits per heavy atom. The second-order valence-corrected chi connectivity index (χ2v) is 7.19. The van der Waals surface area contributed by atoms with E-state index in [1.165, 1.54) is 0 Å². The molecule has 0 spiro atoms. The summed E-state index contributed by atoms with van der Waals surface area (Å²) in [5.74, 6) is -0.104. The van der Waals surface area contributed by atoms with Gasteiger partial charge in [0, 0.05) is 26.9 Å². The zero-order chi connectivity index (χ0) is 19.2. The van der Waals surface area contributed by atoms with Crippen molar-refractivity contribution >= 4 is 34.8 Å². The van der Waals surface area contributed by atoms with Crippen molar-refractivity contribution in [2.75, 3.05) is 5.32 Å². The van der Waals surface area contributed by atoms with E-state index in [9.17, 15) is 4.79 Å².